The van der Waals surface area contributed by atoms with Gasteiger partial charge in [0.25, 0.3) is 11.1 Å². The monoisotopic (exact) mass is 391 g/mol. The van der Waals surface area contributed by atoms with Gasteiger partial charge in [-0.1, -0.05) is 18.2 Å². The van der Waals surface area contributed by atoms with Crippen molar-refractivity contribution in [1.82, 2.24) is 14.8 Å². The van der Waals surface area contributed by atoms with Crippen LogP contribution in [0.3, 0.4) is 0 Å². The van der Waals surface area contributed by atoms with Crippen LogP contribution in [-0.4, -0.2) is 14.8 Å². The first-order valence-corrected chi connectivity index (χ1v) is 10.0. The van der Waals surface area contributed by atoms with Crippen molar-refractivity contribution in [3.63, 3.8) is 0 Å². The molecule has 0 saturated heterocycles. The number of hydrogen-bond acceptors (Lipinski definition) is 4. The quantitative estimate of drug-likeness (QED) is 0.477. The molecule has 5 nitrogen and oxygen atoms in total. The molecule has 0 aliphatic carbocycles. The molecule has 0 saturated carbocycles. The van der Waals surface area contributed by atoms with Gasteiger partial charge in [-0.3, -0.25) is 19.8 Å². The van der Waals surface area contributed by atoms with Gasteiger partial charge in [0.2, 0.25) is 0 Å². The van der Waals surface area contributed by atoms with Crippen LogP contribution in [-0.2, 0) is 0 Å². The SMILES string of the molecule is O=c1[nH][nH]c(=O)c2c(-n3c(-c4cccs4)ccc3-c3cccs3)cccc12. The summed E-state index contributed by atoms with van der Waals surface area (Å²) in [5.74, 6) is 0. The lowest BCUT2D eigenvalue weighted by molar-refractivity contribution is 0.972. The van der Waals surface area contributed by atoms with Gasteiger partial charge in [-0.15, -0.1) is 22.7 Å². The summed E-state index contributed by atoms with van der Waals surface area (Å²) in [5.41, 5.74) is 2.04. The molecule has 0 aliphatic heterocycles. The van der Waals surface area contributed by atoms with Gasteiger partial charge in [0.15, 0.2) is 0 Å². The third kappa shape index (κ3) is 2.51. The first-order valence-electron chi connectivity index (χ1n) is 8.27. The predicted molar refractivity (Wildman–Crippen MR) is 111 cm³/mol. The van der Waals surface area contributed by atoms with Crippen LogP contribution in [0.1, 0.15) is 0 Å². The van der Waals surface area contributed by atoms with Crippen molar-refractivity contribution >= 4 is 33.4 Å². The van der Waals surface area contributed by atoms with Crippen molar-refractivity contribution in [1.29, 1.82) is 0 Å². The number of aromatic amines is 2. The number of aromatic nitrogens is 3. The highest BCUT2D eigenvalue weighted by atomic mass is 32.1. The summed E-state index contributed by atoms with van der Waals surface area (Å²) < 4.78 is 2.06. The Balaban J connectivity index is 1.93. The van der Waals surface area contributed by atoms with Crippen molar-refractivity contribution in [3.05, 3.63) is 86.1 Å². The van der Waals surface area contributed by atoms with E-state index in [1.165, 1.54) is 0 Å². The van der Waals surface area contributed by atoms with E-state index >= 15 is 0 Å². The molecule has 1 aromatic carbocycles. The van der Waals surface area contributed by atoms with Crippen LogP contribution >= 0.6 is 22.7 Å². The van der Waals surface area contributed by atoms with Crippen LogP contribution in [0.15, 0.2) is 74.9 Å². The molecular formula is C20H13N3O2S2. The molecule has 7 heteroatoms. The number of hydrogen-bond donors (Lipinski definition) is 2. The average Bonchev–Trinajstić information content (AvgIpc) is 3.44. The first-order chi connectivity index (χ1) is 13.2. The Morgan fingerprint density at radius 3 is 1.93 bits per heavy atom. The molecule has 0 amide bonds. The Labute approximate surface area is 161 Å². The third-order valence-corrected chi connectivity index (χ3v) is 6.26. The molecule has 5 rings (SSSR count). The van der Waals surface area contributed by atoms with Crippen molar-refractivity contribution in [2.45, 2.75) is 0 Å². The van der Waals surface area contributed by atoms with Crippen LogP contribution in [0.5, 0.6) is 0 Å². The van der Waals surface area contributed by atoms with E-state index in [2.05, 4.69) is 39.0 Å². The van der Waals surface area contributed by atoms with Crippen LogP contribution in [0.25, 0.3) is 37.6 Å². The van der Waals surface area contributed by atoms with Crippen LogP contribution in [0, 0.1) is 0 Å². The summed E-state index contributed by atoms with van der Waals surface area (Å²) >= 11 is 3.27. The van der Waals surface area contributed by atoms with E-state index < -0.39 is 0 Å². The second-order valence-corrected chi connectivity index (χ2v) is 7.90. The Kier molecular flexibility index (Phi) is 3.70. The van der Waals surface area contributed by atoms with E-state index in [9.17, 15) is 9.59 Å². The van der Waals surface area contributed by atoms with Crippen LogP contribution in [0.4, 0.5) is 0 Å². The maximum absolute atomic E-state index is 12.6. The topological polar surface area (TPSA) is 70.7 Å². The number of rotatable bonds is 3. The van der Waals surface area contributed by atoms with Gasteiger partial charge in [0.05, 0.1) is 37.6 Å². The second-order valence-electron chi connectivity index (χ2n) is 6.00. The molecule has 0 unspecified atom stereocenters. The van der Waals surface area contributed by atoms with Crippen LogP contribution in [0.2, 0.25) is 0 Å². The summed E-state index contributed by atoms with van der Waals surface area (Å²) in [7, 11) is 0. The fourth-order valence-corrected chi connectivity index (χ4v) is 4.81. The van der Waals surface area contributed by atoms with Crippen LogP contribution < -0.4 is 11.1 Å². The number of H-pyrrole nitrogens is 2. The third-order valence-electron chi connectivity index (χ3n) is 4.47. The highest BCUT2D eigenvalue weighted by molar-refractivity contribution is 7.14. The zero-order valence-corrected chi connectivity index (χ0v) is 15.6. The van der Waals surface area contributed by atoms with Gasteiger partial charge in [-0.25, -0.2) is 0 Å². The maximum Gasteiger partial charge on any atom is 0.272 e. The first kappa shape index (κ1) is 16.0. The molecule has 0 aliphatic rings. The van der Waals surface area contributed by atoms with Crippen molar-refractivity contribution in [3.8, 4) is 26.8 Å². The molecule has 0 fully saturated rings. The average molecular weight is 391 g/mol. The molecule has 0 radical (unpaired) electrons. The predicted octanol–water partition coefficient (Wildman–Crippen LogP) is 4.46. The Bertz CT molecular complexity index is 1310. The van der Waals surface area contributed by atoms with E-state index in [1.807, 2.05) is 35.0 Å². The lowest BCUT2D eigenvalue weighted by Crippen LogP contribution is -2.20. The van der Waals surface area contributed by atoms with Gasteiger partial charge < -0.3 is 4.57 Å². The Hall–Kier alpha value is -3.16. The standard InChI is InChI=1S/C20H13N3O2S2/c24-19-12-4-1-5-15(18(12)20(25)22-21-19)23-13(16-6-2-10-26-16)8-9-14(23)17-7-3-11-27-17/h1-11H,(H,21,24)(H,22,25). The minimum atomic E-state index is -0.317. The van der Waals surface area contributed by atoms with Gasteiger partial charge in [0, 0.05) is 0 Å². The number of thiophene rings is 2. The molecule has 5 aromatic rings. The minimum absolute atomic E-state index is 0.311. The fourth-order valence-electron chi connectivity index (χ4n) is 3.33. The lowest BCUT2D eigenvalue weighted by Gasteiger charge is -2.14. The van der Waals surface area contributed by atoms with E-state index in [0.29, 0.717) is 16.5 Å². The van der Waals surface area contributed by atoms with Crippen molar-refractivity contribution in [2.24, 2.45) is 0 Å². The number of nitrogens with one attached hydrogen (secondary N) is 2. The second kappa shape index (κ2) is 6.22. The molecule has 0 atom stereocenters. The molecule has 2 N–H and O–H groups in total. The lowest BCUT2D eigenvalue weighted by atomic mass is 10.1. The van der Waals surface area contributed by atoms with Gasteiger partial charge in [-0.05, 0) is 47.2 Å². The highest BCUT2D eigenvalue weighted by Gasteiger charge is 2.18. The summed E-state index contributed by atoms with van der Waals surface area (Å²) in [5, 5.41) is 9.66. The fraction of sp³-hybridized carbons (Fsp3) is 0. The maximum atomic E-state index is 12.6. The molecule has 132 valence electrons. The zero-order valence-electron chi connectivity index (χ0n) is 13.9. The van der Waals surface area contributed by atoms with Gasteiger partial charge in [0.1, 0.15) is 0 Å². The highest BCUT2D eigenvalue weighted by Crippen LogP contribution is 2.37. The Morgan fingerprint density at radius 2 is 1.33 bits per heavy atom. The van der Waals surface area contributed by atoms with E-state index in [-0.39, 0.29) is 11.1 Å². The molecular weight excluding hydrogens is 378 g/mol. The van der Waals surface area contributed by atoms with E-state index in [1.54, 1.807) is 28.7 Å². The minimum Gasteiger partial charge on any atom is -0.307 e. The largest absolute Gasteiger partial charge is 0.307 e. The van der Waals surface area contributed by atoms with Gasteiger partial charge in [-0.2, -0.15) is 0 Å². The molecule has 0 bridgehead atoms. The summed E-state index contributed by atoms with van der Waals surface area (Å²) in [6.07, 6.45) is 0. The number of benzene rings is 1. The number of nitrogens with zero attached hydrogens (tertiary/aromatic N) is 1. The summed E-state index contributed by atoms with van der Waals surface area (Å²) in [4.78, 5) is 27.0. The smallest absolute Gasteiger partial charge is 0.272 e. The zero-order chi connectivity index (χ0) is 18.4. The van der Waals surface area contributed by atoms with E-state index in [0.717, 1.165) is 21.1 Å². The summed E-state index contributed by atoms with van der Waals surface area (Å²) in [6, 6.07) is 17.6. The molecule has 0 spiro atoms. The molecule has 4 heterocycles. The van der Waals surface area contributed by atoms with Gasteiger partial charge >= 0.3 is 0 Å². The number of fused-ring (bicyclic) bond motifs is 1. The normalized spacial score (nSPS) is 11.3. The summed E-state index contributed by atoms with van der Waals surface area (Å²) in [6.45, 7) is 0. The Morgan fingerprint density at radius 1 is 0.704 bits per heavy atom. The van der Waals surface area contributed by atoms with E-state index in [4.69, 9.17) is 0 Å². The van der Waals surface area contributed by atoms with Crippen molar-refractivity contribution in [2.75, 3.05) is 0 Å². The van der Waals surface area contributed by atoms with Crippen molar-refractivity contribution < 1.29 is 0 Å². The molecule has 4 aromatic heterocycles. The molecule has 27 heavy (non-hydrogen) atoms.